The fourth-order valence-corrected chi connectivity index (χ4v) is 3.45. The molecule has 1 aromatic carbocycles. The summed E-state index contributed by atoms with van der Waals surface area (Å²) in [5.74, 6) is 0.965. The number of nitrogens with zero attached hydrogens (tertiary/aromatic N) is 5. The number of para-hydroxylation sites is 1. The van der Waals surface area contributed by atoms with Crippen LogP contribution in [0.1, 0.15) is 24.1 Å². The van der Waals surface area contributed by atoms with E-state index in [9.17, 15) is 0 Å². The second-order valence-corrected chi connectivity index (χ2v) is 6.77. The van der Waals surface area contributed by atoms with Gasteiger partial charge in [0.1, 0.15) is 0 Å². The molecule has 1 aliphatic rings. The van der Waals surface area contributed by atoms with Crippen molar-refractivity contribution in [3.05, 3.63) is 66.1 Å². The van der Waals surface area contributed by atoms with E-state index in [0.29, 0.717) is 6.04 Å². The topological polar surface area (TPSA) is 58.9 Å². The van der Waals surface area contributed by atoms with E-state index in [4.69, 9.17) is 0 Å². The standard InChI is InChI=1S/C20H24N6/c1-16-17(14-26(24-16)19-8-3-2-4-9-19)13-21-18-7-6-12-25(15-18)20-10-5-11-22-23-20/h2-5,8-11,14,18,21H,6-7,12-13,15H2,1H3. The van der Waals surface area contributed by atoms with Crippen LogP contribution in [-0.2, 0) is 6.54 Å². The van der Waals surface area contributed by atoms with Crippen molar-refractivity contribution in [1.82, 2.24) is 25.3 Å². The fourth-order valence-electron chi connectivity index (χ4n) is 3.45. The number of rotatable bonds is 5. The highest BCUT2D eigenvalue weighted by molar-refractivity contribution is 5.37. The van der Waals surface area contributed by atoms with E-state index in [-0.39, 0.29) is 0 Å². The van der Waals surface area contributed by atoms with E-state index >= 15 is 0 Å². The molecule has 1 fully saturated rings. The first kappa shape index (κ1) is 16.7. The first-order valence-electron chi connectivity index (χ1n) is 9.16. The summed E-state index contributed by atoms with van der Waals surface area (Å²) >= 11 is 0. The molecule has 0 saturated carbocycles. The highest BCUT2D eigenvalue weighted by Gasteiger charge is 2.21. The summed E-state index contributed by atoms with van der Waals surface area (Å²) in [6, 6.07) is 14.7. The molecule has 1 aliphatic heterocycles. The summed E-state index contributed by atoms with van der Waals surface area (Å²) < 4.78 is 1.96. The Kier molecular flexibility index (Phi) is 4.93. The highest BCUT2D eigenvalue weighted by Crippen LogP contribution is 2.18. The van der Waals surface area contributed by atoms with Crippen LogP contribution in [-0.4, -0.2) is 39.1 Å². The largest absolute Gasteiger partial charge is 0.354 e. The highest BCUT2D eigenvalue weighted by atomic mass is 15.3. The number of benzene rings is 1. The zero-order chi connectivity index (χ0) is 17.8. The molecule has 134 valence electrons. The third-order valence-electron chi connectivity index (χ3n) is 4.91. The molecule has 0 radical (unpaired) electrons. The van der Waals surface area contributed by atoms with Gasteiger partial charge in [-0.05, 0) is 44.0 Å². The number of aryl methyl sites for hydroxylation is 1. The first-order valence-corrected chi connectivity index (χ1v) is 9.16. The molecule has 1 atom stereocenters. The van der Waals surface area contributed by atoms with Crippen molar-refractivity contribution in [2.45, 2.75) is 32.4 Å². The number of nitrogens with one attached hydrogen (secondary N) is 1. The van der Waals surface area contributed by atoms with Crippen LogP contribution in [0.3, 0.4) is 0 Å². The van der Waals surface area contributed by atoms with Gasteiger partial charge in [0.2, 0.25) is 0 Å². The zero-order valence-corrected chi connectivity index (χ0v) is 15.0. The van der Waals surface area contributed by atoms with Crippen LogP contribution in [0, 0.1) is 6.92 Å². The number of hydrogen-bond acceptors (Lipinski definition) is 5. The van der Waals surface area contributed by atoms with Gasteiger partial charge in [-0.25, -0.2) is 4.68 Å². The lowest BCUT2D eigenvalue weighted by molar-refractivity contribution is 0.419. The van der Waals surface area contributed by atoms with Gasteiger partial charge in [0, 0.05) is 43.6 Å². The second-order valence-electron chi connectivity index (χ2n) is 6.77. The molecule has 0 spiro atoms. The maximum atomic E-state index is 4.66. The summed E-state index contributed by atoms with van der Waals surface area (Å²) in [4.78, 5) is 2.31. The first-order chi connectivity index (χ1) is 12.8. The predicted molar refractivity (Wildman–Crippen MR) is 102 cm³/mol. The Bertz CT molecular complexity index is 830. The molecular formula is C20H24N6. The third-order valence-corrected chi connectivity index (χ3v) is 4.91. The van der Waals surface area contributed by atoms with Gasteiger partial charge in [0.25, 0.3) is 0 Å². The molecule has 0 aliphatic carbocycles. The van der Waals surface area contributed by atoms with Gasteiger partial charge in [0.15, 0.2) is 5.82 Å². The summed E-state index contributed by atoms with van der Waals surface area (Å²) in [5, 5.41) is 16.6. The third kappa shape index (κ3) is 3.75. The minimum Gasteiger partial charge on any atom is -0.354 e. The minimum absolute atomic E-state index is 0.449. The number of hydrogen-bond donors (Lipinski definition) is 1. The van der Waals surface area contributed by atoms with E-state index in [1.165, 1.54) is 12.0 Å². The average molecular weight is 348 g/mol. The molecule has 2 aromatic heterocycles. The van der Waals surface area contributed by atoms with Crippen molar-refractivity contribution >= 4 is 5.82 Å². The Morgan fingerprint density at radius 2 is 2.04 bits per heavy atom. The number of aromatic nitrogens is 4. The second kappa shape index (κ2) is 7.66. The van der Waals surface area contributed by atoms with E-state index in [2.05, 4.69) is 50.8 Å². The monoisotopic (exact) mass is 348 g/mol. The van der Waals surface area contributed by atoms with Crippen molar-refractivity contribution in [2.75, 3.05) is 18.0 Å². The van der Waals surface area contributed by atoms with Gasteiger partial charge in [-0.2, -0.15) is 10.2 Å². The van der Waals surface area contributed by atoms with Gasteiger partial charge >= 0.3 is 0 Å². The van der Waals surface area contributed by atoms with Gasteiger partial charge < -0.3 is 10.2 Å². The van der Waals surface area contributed by atoms with Gasteiger partial charge in [0.05, 0.1) is 11.4 Å². The Labute approximate surface area is 153 Å². The van der Waals surface area contributed by atoms with Crippen molar-refractivity contribution in [3.63, 3.8) is 0 Å². The molecule has 1 unspecified atom stereocenters. The van der Waals surface area contributed by atoms with E-state index in [1.807, 2.05) is 35.0 Å². The van der Waals surface area contributed by atoms with Gasteiger partial charge in [-0.1, -0.05) is 18.2 Å². The Morgan fingerprint density at radius 1 is 1.15 bits per heavy atom. The number of piperidine rings is 1. The molecule has 6 heteroatoms. The molecule has 3 aromatic rings. The molecule has 6 nitrogen and oxygen atoms in total. The predicted octanol–water partition coefficient (Wildman–Crippen LogP) is 2.73. The van der Waals surface area contributed by atoms with E-state index in [0.717, 1.165) is 43.3 Å². The Morgan fingerprint density at radius 3 is 2.85 bits per heavy atom. The summed E-state index contributed by atoms with van der Waals surface area (Å²) in [7, 11) is 0. The zero-order valence-electron chi connectivity index (χ0n) is 15.0. The molecule has 26 heavy (non-hydrogen) atoms. The fraction of sp³-hybridized carbons (Fsp3) is 0.350. The molecule has 0 amide bonds. The van der Waals surface area contributed by atoms with Gasteiger partial charge in [-0.15, -0.1) is 5.10 Å². The average Bonchev–Trinajstić information content (AvgIpc) is 3.09. The Hall–Kier alpha value is -2.73. The summed E-state index contributed by atoms with van der Waals surface area (Å²) in [6.45, 7) is 4.91. The number of anilines is 1. The van der Waals surface area contributed by atoms with E-state index in [1.54, 1.807) is 6.20 Å². The van der Waals surface area contributed by atoms with Crippen molar-refractivity contribution in [2.24, 2.45) is 0 Å². The van der Waals surface area contributed by atoms with Crippen LogP contribution in [0.15, 0.2) is 54.9 Å². The molecule has 1 N–H and O–H groups in total. The normalized spacial score (nSPS) is 17.4. The van der Waals surface area contributed by atoms with Crippen LogP contribution < -0.4 is 10.2 Å². The summed E-state index contributed by atoms with van der Waals surface area (Å²) in [5.41, 5.74) is 3.40. The van der Waals surface area contributed by atoms with Gasteiger partial charge in [-0.3, -0.25) is 0 Å². The van der Waals surface area contributed by atoms with Crippen molar-refractivity contribution in [1.29, 1.82) is 0 Å². The SMILES string of the molecule is Cc1nn(-c2ccccc2)cc1CNC1CCCN(c2cccnn2)C1. The summed E-state index contributed by atoms with van der Waals surface area (Å²) in [6.07, 6.45) is 6.19. The molecule has 0 bridgehead atoms. The molecular weight excluding hydrogens is 324 g/mol. The molecule has 3 heterocycles. The quantitative estimate of drug-likeness (QED) is 0.768. The molecule has 1 saturated heterocycles. The van der Waals surface area contributed by atoms with Crippen LogP contribution in [0.4, 0.5) is 5.82 Å². The lowest BCUT2D eigenvalue weighted by Gasteiger charge is -2.33. The minimum atomic E-state index is 0.449. The van der Waals surface area contributed by atoms with E-state index < -0.39 is 0 Å². The Balaban J connectivity index is 1.39. The van der Waals surface area contributed by atoms with Crippen LogP contribution in [0.5, 0.6) is 0 Å². The van der Waals surface area contributed by atoms with Crippen LogP contribution in [0.25, 0.3) is 5.69 Å². The van der Waals surface area contributed by atoms with Crippen LogP contribution >= 0.6 is 0 Å². The lowest BCUT2D eigenvalue weighted by Crippen LogP contribution is -2.45. The van der Waals surface area contributed by atoms with Crippen molar-refractivity contribution in [3.8, 4) is 5.69 Å². The van der Waals surface area contributed by atoms with Crippen molar-refractivity contribution < 1.29 is 0 Å². The van der Waals surface area contributed by atoms with Crippen LogP contribution in [0.2, 0.25) is 0 Å². The lowest BCUT2D eigenvalue weighted by atomic mass is 10.1. The molecule has 4 rings (SSSR count). The maximum absolute atomic E-state index is 4.66. The maximum Gasteiger partial charge on any atom is 0.151 e. The smallest absolute Gasteiger partial charge is 0.151 e.